The van der Waals surface area contributed by atoms with E-state index < -0.39 is 6.09 Å². The van der Waals surface area contributed by atoms with Crippen LogP contribution in [0.1, 0.15) is 58.0 Å². The van der Waals surface area contributed by atoms with Gasteiger partial charge in [0.1, 0.15) is 11.4 Å². The quantitative estimate of drug-likeness (QED) is 0.168. The molecule has 4 heterocycles. The van der Waals surface area contributed by atoms with Crippen LogP contribution < -0.4 is 9.64 Å². The number of rotatable bonds is 7. The molecular formula is C38H37Cl2N5O4. The van der Waals surface area contributed by atoms with E-state index in [2.05, 4.69) is 11.5 Å². The van der Waals surface area contributed by atoms with Crippen molar-refractivity contribution in [3.05, 3.63) is 98.5 Å². The fourth-order valence-corrected chi connectivity index (χ4v) is 7.85. The minimum atomic E-state index is -1.08. The molecule has 6 aromatic rings. The summed E-state index contributed by atoms with van der Waals surface area (Å²) in [6, 6.07) is 14.9. The second-order valence-electron chi connectivity index (χ2n) is 13.0. The third kappa shape index (κ3) is 5.27. The Bertz CT molecular complexity index is 2310. The molecule has 49 heavy (non-hydrogen) atoms. The summed E-state index contributed by atoms with van der Waals surface area (Å²) in [5.41, 5.74) is 9.24. The summed E-state index contributed by atoms with van der Waals surface area (Å²) in [5.74, 6) is 0.614. The zero-order valence-electron chi connectivity index (χ0n) is 28.3. The van der Waals surface area contributed by atoms with E-state index in [0.717, 1.165) is 60.9 Å². The summed E-state index contributed by atoms with van der Waals surface area (Å²) in [7, 11) is 1.92. The van der Waals surface area contributed by atoms with Gasteiger partial charge in [0, 0.05) is 58.4 Å². The summed E-state index contributed by atoms with van der Waals surface area (Å²) >= 11 is 13.4. The number of benzene rings is 3. The van der Waals surface area contributed by atoms with Crippen LogP contribution in [0.4, 0.5) is 10.5 Å². The number of aryl methyl sites for hydroxylation is 5. The Morgan fingerprint density at radius 2 is 1.76 bits per heavy atom. The molecule has 11 heteroatoms. The topological polar surface area (TPSA) is 94.5 Å². The highest BCUT2D eigenvalue weighted by molar-refractivity contribution is 6.35. The molecule has 0 radical (unpaired) electrons. The number of fused-ring (bicyclic) bond motifs is 4. The molecule has 9 nitrogen and oxygen atoms in total. The zero-order valence-corrected chi connectivity index (χ0v) is 29.8. The van der Waals surface area contributed by atoms with E-state index in [1.54, 1.807) is 23.1 Å². The maximum Gasteiger partial charge on any atom is 0.416 e. The number of ether oxygens (including phenoxy) is 1. The summed E-state index contributed by atoms with van der Waals surface area (Å²) in [5, 5.41) is 17.4. The largest absolute Gasteiger partial charge is 0.494 e. The fraction of sp³-hybridized carbons (Fsp3) is 0.289. The predicted octanol–water partition coefficient (Wildman–Crippen LogP) is 9.30. The van der Waals surface area contributed by atoms with Gasteiger partial charge < -0.3 is 19.3 Å². The lowest BCUT2D eigenvalue weighted by atomic mass is 9.98. The third-order valence-electron chi connectivity index (χ3n) is 9.77. The van der Waals surface area contributed by atoms with Crippen molar-refractivity contribution < 1.29 is 19.4 Å². The summed E-state index contributed by atoms with van der Waals surface area (Å²) in [6.45, 7) is 10.9. The van der Waals surface area contributed by atoms with Gasteiger partial charge >= 0.3 is 6.09 Å². The number of halogens is 2. The average molecular weight is 699 g/mol. The number of aromatic nitrogens is 4. The standard InChI is InChI=1S/C38H37Cl2N5O4/c1-20-17-25(18-21(2)34(20)40)49-16-8-9-26-27-12-13-29(39)33(32-23(4)41-42(6)24(32)5)35(27)45-22(3)19-44(37(46)36(26)45)31-11-7-10-30-28(31)14-15-43(30)38(47)48/h7,10-15,17-18,22H,8-9,16,19H2,1-6H3,(H,47,48). The molecule has 0 saturated carbocycles. The highest BCUT2D eigenvalue weighted by Crippen LogP contribution is 2.45. The van der Waals surface area contributed by atoms with Crippen molar-refractivity contribution in [3.8, 4) is 16.9 Å². The first kappa shape index (κ1) is 32.8. The molecule has 1 amide bonds. The Hall–Kier alpha value is -4.73. The molecule has 1 atom stereocenters. The number of carboxylic acid groups (broad SMARTS) is 1. The monoisotopic (exact) mass is 697 g/mol. The number of carbonyl (C=O) groups excluding carboxylic acids is 1. The van der Waals surface area contributed by atoms with Crippen molar-refractivity contribution in [1.29, 1.82) is 0 Å². The molecule has 0 bridgehead atoms. The maximum absolute atomic E-state index is 14.9. The number of hydrogen-bond acceptors (Lipinski definition) is 4. The van der Waals surface area contributed by atoms with Crippen LogP contribution in [-0.2, 0) is 13.5 Å². The highest BCUT2D eigenvalue weighted by atomic mass is 35.5. The van der Waals surface area contributed by atoms with Crippen LogP contribution in [0.2, 0.25) is 10.0 Å². The zero-order chi connectivity index (χ0) is 34.9. The minimum absolute atomic E-state index is 0.133. The van der Waals surface area contributed by atoms with Crippen molar-refractivity contribution in [2.45, 2.75) is 53.5 Å². The molecule has 1 unspecified atom stereocenters. The number of hydrogen-bond donors (Lipinski definition) is 1. The lowest BCUT2D eigenvalue weighted by Gasteiger charge is -2.34. The van der Waals surface area contributed by atoms with Crippen LogP contribution in [0, 0.1) is 27.7 Å². The first-order valence-electron chi connectivity index (χ1n) is 16.3. The van der Waals surface area contributed by atoms with Crippen LogP contribution in [-0.4, -0.2) is 49.2 Å². The summed E-state index contributed by atoms with van der Waals surface area (Å²) < 4.78 is 11.4. The van der Waals surface area contributed by atoms with E-state index in [1.807, 2.05) is 69.8 Å². The third-order valence-corrected chi connectivity index (χ3v) is 10.7. The number of amides is 1. The number of nitrogens with zero attached hydrogens (tertiary/aromatic N) is 5. The Morgan fingerprint density at radius 1 is 1.02 bits per heavy atom. The van der Waals surface area contributed by atoms with Crippen LogP contribution in [0.5, 0.6) is 5.75 Å². The Balaban J connectivity index is 1.37. The highest BCUT2D eigenvalue weighted by Gasteiger charge is 2.37. The lowest BCUT2D eigenvalue weighted by molar-refractivity contribution is 0.0957. The van der Waals surface area contributed by atoms with E-state index in [9.17, 15) is 14.7 Å². The number of anilines is 1. The van der Waals surface area contributed by atoms with Gasteiger partial charge in [-0.1, -0.05) is 35.3 Å². The molecule has 252 valence electrons. The van der Waals surface area contributed by atoms with E-state index in [-0.39, 0.29) is 11.9 Å². The van der Waals surface area contributed by atoms with Gasteiger partial charge in [-0.3, -0.25) is 14.0 Å². The summed E-state index contributed by atoms with van der Waals surface area (Å²) in [6.07, 6.45) is 1.69. The predicted molar refractivity (Wildman–Crippen MR) is 195 cm³/mol. The van der Waals surface area contributed by atoms with Crippen molar-refractivity contribution in [2.75, 3.05) is 18.1 Å². The molecule has 0 saturated heterocycles. The van der Waals surface area contributed by atoms with Gasteiger partial charge in [0.15, 0.2) is 0 Å². The lowest BCUT2D eigenvalue weighted by Crippen LogP contribution is -2.42. The van der Waals surface area contributed by atoms with Crippen molar-refractivity contribution in [3.63, 3.8) is 0 Å². The van der Waals surface area contributed by atoms with Crippen molar-refractivity contribution in [2.24, 2.45) is 7.05 Å². The smallest absolute Gasteiger partial charge is 0.416 e. The van der Waals surface area contributed by atoms with Crippen LogP contribution in [0.3, 0.4) is 0 Å². The molecule has 1 aliphatic heterocycles. The first-order valence-corrected chi connectivity index (χ1v) is 17.0. The SMILES string of the molecule is Cc1cc(OCCCc2c3n(c4c(-c5c(C)nn(C)c5C)c(Cl)ccc24)C(C)CN(c2cccc4c2ccn4C(=O)O)C3=O)cc(C)c1Cl. The van der Waals surface area contributed by atoms with Gasteiger partial charge in [-0.2, -0.15) is 5.10 Å². The van der Waals surface area contributed by atoms with Gasteiger partial charge in [0.2, 0.25) is 0 Å². The molecule has 1 aliphatic rings. The maximum atomic E-state index is 14.9. The van der Waals surface area contributed by atoms with Gasteiger partial charge in [-0.05, 0) is 101 Å². The first-order chi connectivity index (χ1) is 23.4. The molecule has 0 fully saturated rings. The van der Waals surface area contributed by atoms with E-state index in [1.165, 1.54) is 10.8 Å². The van der Waals surface area contributed by atoms with Crippen LogP contribution in [0.15, 0.2) is 54.7 Å². The Labute approximate surface area is 294 Å². The Kier molecular flexibility index (Phi) is 8.24. The minimum Gasteiger partial charge on any atom is -0.494 e. The van der Waals surface area contributed by atoms with Crippen molar-refractivity contribution >= 4 is 62.7 Å². The average Bonchev–Trinajstić information content (AvgIpc) is 3.72. The van der Waals surface area contributed by atoms with E-state index in [0.29, 0.717) is 53.3 Å². The van der Waals surface area contributed by atoms with Crippen molar-refractivity contribution in [1.82, 2.24) is 18.9 Å². The van der Waals surface area contributed by atoms with Crippen LogP contribution in [0.25, 0.3) is 32.9 Å². The molecule has 0 spiro atoms. The molecular weight excluding hydrogens is 661 g/mol. The Morgan fingerprint density at radius 3 is 2.43 bits per heavy atom. The van der Waals surface area contributed by atoms with E-state index in [4.69, 9.17) is 33.0 Å². The molecule has 1 N–H and O–H groups in total. The summed E-state index contributed by atoms with van der Waals surface area (Å²) in [4.78, 5) is 28.6. The number of carbonyl (C=O) groups is 2. The molecule has 7 rings (SSSR count). The molecule has 3 aromatic heterocycles. The van der Waals surface area contributed by atoms with E-state index >= 15 is 0 Å². The van der Waals surface area contributed by atoms with Gasteiger partial charge in [-0.15, -0.1) is 0 Å². The fourth-order valence-electron chi connectivity index (χ4n) is 7.49. The van der Waals surface area contributed by atoms with Gasteiger partial charge in [0.05, 0.1) is 34.0 Å². The molecule has 3 aromatic carbocycles. The normalized spacial score (nSPS) is 14.7. The second kappa shape index (κ2) is 12.3. The van der Waals surface area contributed by atoms with Crippen LogP contribution >= 0.6 is 23.2 Å². The second-order valence-corrected chi connectivity index (χ2v) is 13.7. The van der Waals surface area contributed by atoms with Gasteiger partial charge in [0.25, 0.3) is 5.91 Å². The van der Waals surface area contributed by atoms with Gasteiger partial charge in [-0.25, -0.2) is 4.79 Å². The molecule has 0 aliphatic carbocycles.